The van der Waals surface area contributed by atoms with E-state index in [1.807, 2.05) is 0 Å². The van der Waals surface area contributed by atoms with Gasteiger partial charge in [0.1, 0.15) is 16.8 Å². The maximum atomic E-state index is 12.8. The molecule has 0 bridgehead atoms. The summed E-state index contributed by atoms with van der Waals surface area (Å²) in [5.41, 5.74) is 0.404. The minimum atomic E-state index is -3.91. The number of aromatic nitrogens is 2. The van der Waals surface area contributed by atoms with E-state index >= 15 is 0 Å². The number of hydrogen-bond donors (Lipinski definition) is 0. The Kier molecular flexibility index (Phi) is 16.6. The third-order valence-corrected chi connectivity index (χ3v) is 6.94. The summed E-state index contributed by atoms with van der Waals surface area (Å²) in [6, 6.07) is 15.1. The fourth-order valence-electron chi connectivity index (χ4n) is 2.47. The molecule has 0 N–H and O–H groups in total. The van der Waals surface area contributed by atoms with Crippen LogP contribution in [0, 0.1) is 11.6 Å². The van der Waals surface area contributed by atoms with Crippen molar-refractivity contribution in [2.45, 2.75) is 22.2 Å². The largest absolute Gasteiger partial charge is 1.00 e. The second kappa shape index (κ2) is 17.8. The first-order valence-corrected chi connectivity index (χ1v) is 12.8. The van der Waals surface area contributed by atoms with Crippen molar-refractivity contribution in [2.75, 3.05) is 0 Å². The van der Waals surface area contributed by atoms with E-state index in [4.69, 9.17) is 11.6 Å². The Morgan fingerprint density at radius 1 is 0.795 bits per heavy atom. The van der Waals surface area contributed by atoms with Gasteiger partial charge in [0.2, 0.25) is 9.84 Å². The van der Waals surface area contributed by atoms with Gasteiger partial charge in [-0.1, -0.05) is 19.0 Å². The standard InChI is InChI=1S/C12H8FNO3S.C6H4ClNO.C6H5FO2S.CH4.Na/c13-10-3-5-11(6-4-10)18(16,17)12-9(8-15)2-1-7-14-12;7-6-5(4-9)2-1-3-8-6;7-5-1-3-6(4-2-5)10(8)9;;/h1-8H;1-4H;1-4H,(H,8,9);1H4;/q;;;;+1/p-1. The number of sulfone groups is 1. The molecule has 1 unspecified atom stereocenters. The molecule has 0 aliphatic carbocycles. The Labute approximate surface area is 254 Å². The Balaban J connectivity index is 0.000000589. The van der Waals surface area contributed by atoms with Gasteiger partial charge in [-0.2, -0.15) is 0 Å². The average molecular weight is 605 g/mol. The third kappa shape index (κ3) is 11.1. The summed E-state index contributed by atoms with van der Waals surface area (Å²) in [7, 11) is -3.91. The molecule has 8 nitrogen and oxygen atoms in total. The molecule has 0 radical (unpaired) electrons. The van der Waals surface area contributed by atoms with E-state index < -0.39 is 32.6 Å². The van der Waals surface area contributed by atoms with Gasteiger partial charge in [0.25, 0.3) is 0 Å². The first-order valence-electron chi connectivity index (χ1n) is 9.91. The molecule has 2 aromatic carbocycles. The molecule has 2 aromatic heterocycles. The predicted octanol–water partition coefficient (Wildman–Crippen LogP) is 2.12. The first-order chi connectivity index (χ1) is 17.6. The first kappa shape index (κ1) is 36.3. The van der Waals surface area contributed by atoms with Crippen LogP contribution in [0.15, 0.2) is 100 Å². The molecule has 14 heteroatoms. The zero-order chi connectivity index (χ0) is 27.4. The maximum Gasteiger partial charge on any atom is 1.00 e. The Bertz CT molecular complexity index is 1490. The number of benzene rings is 2. The summed E-state index contributed by atoms with van der Waals surface area (Å²) in [5.74, 6) is -0.972. The van der Waals surface area contributed by atoms with Crippen molar-refractivity contribution >= 4 is 45.1 Å². The summed E-state index contributed by atoms with van der Waals surface area (Å²) >= 11 is 3.23. The van der Waals surface area contributed by atoms with Crippen LogP contribution in [0.2, 0.25) is 5.15 Å². The summed E-state index contributed by atoms with van der Waals surface area (Å²) in [4.78, 5) is 28.3. The van der Waals surface area contributed by atoms with Crippen molar-refractivity contribution in [1.29, 1.82) is 0 Å². The molecule has 0 fully saturated rings. The fourth-order valence-corrected chi connectivity index (χ4v) is 4.34. The van der Waals surface area contributed by atoms with Gasteiger partial charge in [-0.15, -0.1) is 0 Å². The van der Waals surface area contributed by atoms with Crippen LogP contribution in [0.5, 0.6) is 0 Å². The Morgan fingerprint density at radius 3 is 1.69 bits per heavy atom. The molecule has 0 saturated carbocycles. The summed E-state index contributed by atoms with van der Waals surface area (Å²) in [6.07, 6.45) is 3.91. The van der Waals surface area contributed by atoms with E-state index in [1.165, 1.54) is 36.7 Å². The zero-order valence-corrected chi connectivity index (χ0v) is 23.9. The van der Waals surface area contributed by atoms with Gasteiger partial charge in [0, 0.05) is 17.3 Å². The van der Waals surface area contributed by atoms with E-state index in [-0.39, 0.29) is 62.5 Å². The van der Waals surface area contributed by atoms with E-state index in [0.29, 0.717) is 18.1 Å². The normalized spacial score (nSPS) is 10.6. The molecule has 0 aliphatic heterocycles. The fraction of sp³-hybridized carbons (Fsp3) is 0.0400. The molecule has 4 rings (SSSR count). The number of carbonyl (C=O) groups excluding carboxylic acids is 2. The van der Waals surface area contributed by atoms with Crippen molar-refractivity contribution in [3.05, 3.63) is 113 Å². The quantitative estimate of drug-likeness (QED) is 0.111. The smallest absolute Gasteiger partial charge is 0.768 e. The molecular weight excluding hydrogens is 585 g/mol. The predicted molar refractivity (Wildman–Crippen MR) is 136 cm³/mol. The monoisotopic (exact) mass is 604 g/mol. The molecule has 200 valence electrons. The van der Waals surface area contributed by atoms with Crippen molar-refractivity contribution in [3.8, 4) is 0 Å². The number of rotatable bonds is 5. The van der Waals surface area contributed by atoms with E-state index in [1.54, 1.807) is 12.1 Å². The van der Waals surface area contributed by atoms with Crippen LogP contribution in [0.1, 0.15) is 28.1 Å². The molecule has 0 aliphatic rings. The van der Waals surface area contributed by atoms with Crippen LogP contribution in [0.3, 0.4) is 0 Å². The van der Waals surface area contributed by atoms with Crippen molar-refractivity contribution in [1.82, 2.24) is 9.97 Å². The topological polar surface area (TPSA) is 134 Å². The van der Waals surface area contributed by atoms with Crippen LogP contribution in [-0.2, 0) is 20.9 Å². The number of hydrogen-bond acceptors (Lipinski definition) is 8. The van der Waals surface area contributed by atoms with Crippen molar-refractivity contribution in [3.63, 3.8) is 0 Å². The summed E-state index contributed by atoms with van der Waals surface area (Å²) in [5, 5.41) is -0.0703. The molecule has 0 spiro atoms. The van der Waals surface area contributed by atoms with Crippen molar-refractivity contribution in [2.24, 2.45) is 0 Å². The van der Waals surface area contributed by atoms with Gasteiger partial charge < -0.3 is 4.55 Å². The van der Waals surface area contributed by atoms with Gasteiger partial charge in [0.15, 0.2) is 17.6 Å². The van der Waals surface area contributed by atoms with E-state index in [2.05, 4.69) is 9.97 Å². The van der Waals surface area contributed by atoms with Crippen LogP contribution in [0.25, 0.3) is 0 Å². The average Bonchev–Trinajstić information content (AvgIpc) is 2.90. The number of pyridine rings is 2. The van der Waals surface area contributed by atoms with Gasteiger partial charge in [-0.25, -0.2) is 27.2 Å². The number of aldehydes is 2. The summed E-state index contributed by atoms with van der Waals surface area (Å²) in [6.45, 7) is 0. The van der Waals surface area contributed by atoms with Gasteiger partial charge >= 0.3 is 29.6 Å². The Hall–Kier alpha value is -2.71. The van der Waals surface area contributed by atoms with E-state index in [9.17, 15) is 35.5 Å². The van der Waals surface area contributed by atoms with E-state index in [0.717, 1.165) is 36.4 Å². The SMILES string of the molecule is C.O=Cc1cccnc1Cl.O=Cc1cccnc1S(=O)(=O)c1ccc(F)cc1.O=S([O-])c1ccc(F)cc1.[Na+]. The molecule has 1 atom stereocenters. The molecule has 4 aromatic rings. The molecule has 2 heterocycles. The maximum absolute atomic E-state index is 12.8. The third-order valence-electron chi connectivity index (χ3n) is 4.23. The molecule has 0 saturated heterocycles. The van der Waals surface area contributed by atoms with Crippen molar-refractivity contribution < 1.29 is 65.1 Å². The number of halogens is 3. The summed E-state index contributed by atoms with van der Waals surface area (Å²) < 4.78 is 69.6. The molecule has 39 heavy (non-hydrogen) atoms. The van der Waals surface area contributed by atoms with Gasteiger partial charge in [0.05, 0.1) is 16.0 Å². The number of nitrogens with zero attached hydrogens (tertiary/aromatic N) is 2. The number of carbonyl (C=O) groups is 2. The van der Waals surface area contributed by atoms with Gasteiger partial charge in [-0.05, 0) is 83.9 Å². The second-order valence-electron chi connectivity index (χ2n) is 6.66. The minimum Gasteiger partial charge on any atom is -0.768 e. The molecular formula is C25H20ClF2N2NaO6S2. The van der Waals surface area contributed by atoms with Crippen LogP contribution in [0.4, 0.5) is 8.78 Å². The van der Waals surface area contributed by atoms with Crippen LogP contribution in [-0.4, -0.2) is 39.7 Å². The minimum absolute atomic E-state index is 0. The molecule has 0 amide bonds. The Morgan fingerprint density at radius 2 is 1.26 bits per heavy atom. The second-order valence-corrected chi connectivity index (χ2v) is 9.83. The van der Waals surface area contributed by atoms with Gasteiger partial charge in [-0.3, -0.25) is 13.8 Å². The van der Waals surface area contributed by atoms with Crippen LogP contribution < -0.4 is 29.6 Å². The van der Waals surface area contributed by atoms with Crippen LogP contribution >= 0.6 is 11.6 Å². The zero-order valence-electron chi connectivity index (χ0n) is 19.5.